The van der Waals surface area contributed by atoms with Crippen LogP contribution in [0.15, 0.2) is 29.2 Å². The van der Waals surface area contributed by atoms with Crippen LogP contribution in [0.5, 0.6) is 5.75 Å². The van der Waals surface area contributed by atoms with E-state index in [0.29, 0.717) is 38.2 Å². The third-order valence-corrected chi connectivity index (χ3v) is 8.66. The van der Waals surface area contributed by atoms with Crippen molar-refractivity contribution in [3.05, 3.63) is 24.3 Å². The maximum atomic E-state index is 12.5. The van der Waals surface area contributed by atoms with E-state index >= 15 is 0 Å². The smallest absolute Gasteiger partial charge is 0.244 e. The number of ether oxygens (including phenoxy) is 1. The fraction of sp³-hybridized carbons (Fsp3) is 0.625. The van der Waals surface area contributed by atoms with E-state index < -0.39 is 20.0 Å². The summed E-state index contributed by atoms with van der Waals surface area (Å²) in [4.78, 5) is 0.117. The number of piperidine rings is 1. The van der Waals surface area contributed by atoms with Gasteiger partial charge in [-0.1, -0.05) is 12.1 Å². The van der Waals surface area contributed by atoms with E-state index in [1.807, 2.05) is 0 Å². The Morgan fingerprint density at radius 1 is 1.08 bits per heavy atom. The molecule has 1 heterocycles. The zero-order chi connectivity index (χ0) is 18.1. The van der Waals surface area contributed by atoms with Crippen LogP contribution in [0.25, 0.3) is 0 Å². The summed E-state index contributed by atoms with van der Waals surface area (Å²) in [5, 5.41) is -0.187. The Morgan fingerprint density at radius 2 is 1.72 bits per heavy atom. The van der Waals surface area contributed by atoms with Gasteiger partial charge in [0.15, 0.2) is 0 Å². The van der Waals surface area contributed by atoms with Crippen LogP contribution in [0.1, 0.15) is 25.7 Å². The fourth-order valence-corrected chi connectivity index (χ4v) is 6.25. The molecule has 3 rings (SSSR count). The van der Waals surface area contributed by atoms with E-state index in [4.69, 9.17) is 4.74 Å². The van der Waals surface area contributed by atoms with Crippen molar-refractivity contribution in [2.24, 2.45) is 5.92 Å². The minimum Gasteiger partial charge on any atom is -0.495 e. The van der Waals surface area contributed by atoms with Crippen molar-refractivity contribution in [2.75, 3.05) is 26.7 Å². The quantitative estimate of drug-likeness (QED) is 0.757. The largest absolute Gasteiger partial charge is 0.495 e. The van der Waals surface area contributed by atoms with Crippen LogP contribution in [-0.4, -0.2) is 53.1 Å². The highest BCUT2D eigenvalue weighted by Crippen LogP contribution is 2.33. The lowest BCUT2D eigenvalue weighted by atomic mass is 9.99. The maximum Gasteiger partial charge on any atom is 0.244 e. The molecule has 1 saturated carbocycles. The van der Waals surface area contributed by atoms with Gasteiger partial charge in [0.2, 0.25) is 20.0 Å². The molecule has 1 N–H and O–H groups in total. The minimum absolute atomic E-state index is 0.117. The molecular formula is C16H24N2O5S2. The molecule has 1 aliphatic heterocycles. The molecule has 1 saturated heterocycles. The predicted molar refractivity (Wildman–Crippen MR) is 94.4 cm³/mol. The summed E-state index contributed by atoms with van der Waals surface area (Å²) in [6, 6.07) is 6.48. The van der Waals surface area contributed by atoms with Crippen LogP contribution < -0.4 is 9.46 Å². The summed E-state index contributed by atoms with van der Waals surface area (Å²) in [7, 11) is -5.35. The molecule has 1 aromatic rings. The summed E-state index contributed by atoms with van der Waals surface area (Å²) < 4.78 is 58.7. The van der Waals surface area contributed by atoms with Crippen molar-refractivity contribution in [2.45, 2.75) is 35.8 Å². The number of benzene rings is 1. The van der Waals surface area contributed by atoms with Crippen molar-refractivity contribution in [3.63, 3.8) is 0 Å². The summed E-state index contributed by atoms with van der Waals surface area (Å²) >= 11 is 0. The Labute approximate surface area is 149 Å². The van der Waals surface area contributed by atoms with Gasteiger partial charge in [0, 0.05) is 19.6 Å². The van der Waals surface area contributed by atoms with Gasteiger partial charge in [-0.2, -0.15) is 0 Å². The lowest BCUT2D eigenvalue weighted by molar-refractivity contribution is 0.274. The topological polar surface area (TPSA) is 92.8 Å². The normalized spacial score (nSPS) is 20.5. The molecule has 0 radical (unpaired) electrons. The predicted octanol–water partition coefficient (Wildman–Crippen LogP) is 1.18. The molecule has 0 atom stereocenters. The summed E-state index contributed by atoms with van der Waals surface area (Å²) in [5.74, 6) is 0.440. The Morgan fingerprint density at radius 3 is 2.32 bits per heavy atom. The standard InChI is InChI=1S/C16H24N2O5S2/c1-23-15-4-2-3-5-16(15)24(19,20)17-12-13-8-10-18(11-9-13)25(21,22)14-6-7-14/h2-5,13-14,17H,6-12H2,1H3. The first kappa shape index (κ1) is 18.6. The second kappa shape index (κ2) is 7.22. The van der Waals surface area contributed by atoms with Crippen molar-refractivity contribution >= 4 is 20.0 Å². The molecule has 0 bridgehead atoms. The summed E-state index contributed by atoms with van der Waals surface area (Å²) in [6.07, 6.45) is 2.86. The monoisotopic (exact) mass is 388 g/mol. The van der Waals surface area contributed by atoms with Gasteiger partial charge < -0.3 is 4.74 Å². The lowest BCUT2D eigenvalue weighted by Crippen LogP contribution is -2.42. The molecule has 1 aromatic carbocycles. The Balaban J connectivity index is 1.56. The van der Waals surface area contributed by atoms with Crippen LogP contribution in [0, 0.1) is 5.92 Å². The fourth-order valence-electron chi connectivity index (χ4n) is 3.09. The first-order valence-electron chi connectivity index (χ1n) is 8.46. The number of hydrogen-bond donors (Lipinski definition) is 1. The average molecular weight is 389 g/mol. The van der Waals surface area contributed by atoms with Gasteiger partial charge in [-0.25, -0.2) is 25.9 Å². The van der Waals surface area contributed by atoms with Crippen LogP contribution in [-0.2, 0) is 20.0 Å². The zero-order valence-electron chi connectivity index (χ0n) is 14.2. The Kier molecular flexibility index (Phi) is 5.38. The van der Waals surface area contributed by atoms with E-state index in [1.54, 1.807) is 22.5 Å². The maximum absolute atomic E-state index is 12.5. The molecule has 0 spiro atoms. The average Bonchev–Trinajstić information content (AvgIpc) is 3.46. The number of nitrogens with zero attached hydrogens (tertiary/aromatic N) is 1. The van der Waals surface area contributed by atoms with Gasteiger partial charge in [0.05, 0.1) is 12.4 Å². The van der Waals surface area contributed by atoms with Gasteiger partial charge >= 0.3 is 0 Å². The highest BCUT2D eigenvalue weighted by Gasteiger charge is 2.41. The molecule has 1 aliphatic carbocycles. The summed E-state index contributed by atoms with van der Waals surface area (Å²) in [5.41, 5.74) is 0. The molecule has 9 heteroatoms. The van der Waals surface area contributed by atoms with Crippen LogP contribution in [0.2, 0.25) is 0 Å². The number of para-hydroxylation sites is 1. The minimum atomic E-state index is -3.65. The number of nitrogens with one attached hydrogen (secondary N) is 1. The number of rotatable bonds is 7. The SMILES string of the molecule is COc1ccccc1S(=O)(=O)NCC1CCN(S(=O)(=O)C2CC2)CC1. The van der Waals surface area contributed by atoms with Gasteiger partial charge in [0.25, 0.3) is 0 Å². The molecule has 2 aliphatic rings. The molecule has 0 aromatic heterocycles. The highest BCUT2D eigenvalue weighted by atomic mass is 32.2. The molecular weight excluding hydrogens is 364 g/mol. The van der Waals surface area contributed by atoms with Crippen molar-refractivity contribution in [1.29, 1.82) is 0 Å². The van der Waals surface area contributed by atoms with Gasteiger partial charge in [0.1, 0.15) is 10.6 Å². The van der Waals surface area contributed by atoms with Gasteiger partial charge in [-0.3, -0.25) is 0 Å². The first-order chi connectivity index (χ1) is 11.8. The van der Waals surface area contributed by atoms with Crippen molar-refractivity contribution in [1.82, 2.24) is 9.03 Å². The molecule has 0 amide bonds. The molecule has 140 valence electrons. The molecule has 7 nitrogen and oxygen atoms in total. The molecule has 0 unspecified atom stereocenters. The Hall–Kier alpha value is -1.16. The van der Waals surface area contributed by atoms with E-state index in [-0.39, 0.29) is 16.1 Å². The highest BCUT2D eigenvalue weighted by molar-refractivity contribution is 7.90. The van der Waals surface area contributed by atoms with Gasteiger partial charge in [-0.15, -0.1) is 0 Å². The van der Waals surface area contributed by atoms with E-state index in [0.717, 1.165) is 12.8 Å². The summed E-state index contributed by atoms with van der Waals surface area (Å²) in [6.45, 7) is 1.25. The first-order valence-corrected chi connectivity index (χ1v) is 11.4. The lowest BCUT2D eigenvalue weighted by Gasteiger charge is -2.31. The van der Waals surface area contributed by atoms with Crippen LogP contribution >= 0.6 is 0 Å². The zero-order valence-corrected chi connectivity index (χ0v) is 15.9. The molecule has 2 fully saturated rings. The van der Waals surface area contributed by atoms with Crippen molar-refractivity contribution in [3.8, 4) is 5.75 Å². The molecule has 25 heavy (non-hydrogen) atoms. The van der Waals surface area contributed by atoms with E-state index in [2.05, 4.69) is 4.72 Å². The van der Waals surface area contributed by atoms with Gasteiger partial charge in [-0.05, 0) is 43.7 Å². The van der Waals surface area contributed by atoms with Crippen LogP contribution in [0.3, 0.4) is 0 Å². The van der Waals surface area contributed by atoms with Crippen LogP contribution in [0.4, 0.5) is 0 Å². The third kappa shape index (κ3) is 4.16. The van der Waals surface area contributed by atoms with E-state index in [1.165, 1.54) is 13.2 Å². The Bertz CT molecular complexity index is 811. The number of sulfonamides is 2. The van der Waals surface area contributed by atoms with Crippen molar-refractivity contribution < 1.29 is 21.6 Å². The number of methoxy groups -OCH3 is 1. The number of hydrogen-bond acceptors (Lipinski definition) is 5. The van der Waals surface area contributed by atoms with E-state index in [9.17, 15) is 16.8 Å². The second-order valence-electron chi connectivity index (χ2n) is 6.59. The second-order valence-corrected chi connectivity index (χ2v) is 10.5. The third-order valence-electron chi connectivity index (χ3n) is 4.80.